The van der Waals surface area contributed by atoms with Gasteiger partial charge in [-0.25, -0.2) is 0 Å². The van der Waals surface area contributed by atoms with E-state index >= 15 is 0 Å². The number of ether oxygens (including phenoxy) is 1. The van der Waals surface area contributed by atoms with Crippen LogP contribution in [0, 0.1) is 0 Å². The Kier molecular flexibility index (Phi) is 6.28. The Bertz CT molecular complexity index is 981. The molecule has 0 amide bonds. The van der Waals surface area contributed by atoms with Gasteiger partial charge in [0.05, 0.1) is 7.11 Å². The number of methoxy groups -OCH3 is 1. The molecule has 0 spiro atoms. The standard InChI is InChI=1S/C21H21N3O2S2/c1-23(2)16-9-11-24(12-10-16)19(20(25)18-8-5-13-28-18)21(27)22-15-6-4-7-17(14-15)26-3/h4-14H,1-3H3,(H-,22,25,27). The molecule has 0 aliphatic carbocycles. The maximum atomic E-state index is 13.2. The highest BCUT2D eigenvalue weighted by atomic mass is 32.1. The number of benzene rings is 1. The van der Waals surface area contributed by atoms with E-state index in [0.29, 0.717) is 21.3 Å². The number of anilines is 2. The molecule has 144 valence electrons. The van der Waals surface area contributed by atoms with E-state index in [1.165, 1.54) is 11.3 Å². The van der Waals surface area contributed by atoms with Crippen molar-refractivity contribution in [2.24, 2.45) is 0 Å². The van der Waals surface area contributed by atoms with Crippen LogP contribution in [0.5, 0.6) is 5.75 Å². The fourth-order valence-corrected chi connectivity index (χ4v) is 3.60. The molecular formula is C21H21N3O2S2. The normalized spacial score (nSPS) is 11.5. The van der Waals surface area contributed by atoms with Gasteiger partial charge in [-0.2, -0.15) is 4.57 Å². The first kappa shape index (κ1) is 19.9. The minimum Gasteiger partial charge on any atom is -0.867 e. The Morgan fingerprint density at radius 3 is 2.50 bits per heavy atom. The number of hydrogen-bond donors (Lipinski definition) is 1. The van der Waals surface area contributed by atoms with Crippen LogP contribution in [0.1, 0.15) is 4.88 Å². The van der Waals surface area contributed by atoms with Crippen molar-refractivity contribution in [1.82, 2.24) is 0 Å². The van der Waals surface area contributed by atoms with Crippen molar-refractivity contribution in [3.63, 3.8) is 0 Å². The topological polar surface area (TPSA) is 51.4 Å². The summed E-state index contributed by atoms with van der Waals surface area (Å²) in [5, 5.41) is 18.2. The van der Waals surface area contributed by atoms with E-state index in [4.69, 9.17) is 17.0 Å². The van der Waals surface area contributed by atoms with Crippen LogP contribution in [-0.2, 0) is 0 Å². The minimum atomic E-state index is -0.127. The molecular weight excluding hydrogens is 390 g/mol. The fraction of sp³-hybridized carbons (Fsp3) is 0.143. The summed E-state index contributed by atoms with van der Waals surface area (Å²) >= 11 is 7.01. The maximum Gasteiger partial charge on any atom is 0.239 e. The second-order valence-electron chi connectivity index (χ2n) is 6.20. The highest BCUT2D eigenvalue weighted by Crippen LogP contribution is 2.22. The van der Waals surface area contributed by atoms with Crippen molar-refractivity contribution in [3.05, 3.63) is 71.2 Å². The molecule has 28 heavy (non-hydrogen) atoms. The monoisotopic (exact) mass is 411 g/mol. The van der Waals surface area contributed by atoms with Crippen LogP contribution in [0.2, 0.25) is 0 Å². The van der Waals surface area contributed by atoms with Gasteiger partial charge in [0.15, 0.2) is 17.4 Å². The number of thiocarbonyl (C=S) groups is 1. The highest BCUT2D eigenvalue weighted by molar-refractivity contribution is 7.81. The van der Waals surface area contributed by atoms with Gasteiger partial charge in [0, 0.05) is 48.5 Å². The van der Waals surface area contributed by atoms with E-state index in [-0.39, 0.29) is 5.76 Å². The van der Waals surface area contributed by atoms with Crippen LogP contribution in [0.4, 0.5) is 11.4 Å². The van der Waals surface area contributed by atoms with Gasteiger partial charge in [-0.1, -0.05) is 24.4 Å². The molecule has 1 N–H and O–H groups in total. The number of thiophene rings is 1. The third kappa shape index (κ3) is 4.49. The molecule has 7 heteroatoms. The van der Waals surface area contributed by atoms with Gasteiger partial charge in [-0.15, -0.1) is 11.3 Å². The van der Waals surface area contributed by atoms with Crippen molar-refractivity contribution in [1.29, 1.82) is 0 Å². The fourth-order valence-electron chi connectivity index (χ4n) is 2.62. The lowest BCUT2D eigenvalue weighted by molar-refractivity contribution is -0.577. The van der Waals surface area contributed by atoms with E-state index in [9.17, 15) is 5.11 Å². The zero-order chi connectivity index (χ0) is 20.1. The molecule has 2 aromatic heterocycles. The Morgan fingerprint density at radius 1 is 1.14 bits per heavy atom. The molecule has 5 nitrogen and oxygen atoms in total. The number of nitrogens with zero attached hydrogens (tertiary/aromatic N) is 2. The summed E-state index contributed by atoms with van der Waals surface area (Å²) in [5.41, 5.74) is 2.18. The highest BCUT2D eigenvalue weighted by Gasteiger charge is 2.19. The summed E-state index contributed by atoms with van der Waals surface area (Å²) in [6, 6.07) is 15.0. The summed E-state index contributed by atoms with van der Waals surface area (Å²) in [7, 11) is 5.55. The molecule has 0 radical (unpaired) electrons. The number of nitrogens with one attached hydrogen (secondary N) is 1. The van der Waals surface area contributed by atoms with Gasteiger partial charge < -0.3 is 20.1 Å². The SMILES string of the molecule is COc1cccc(NC(=S)C(=C([O-])c2cccs2)[n+]2ccc(N(C)C)cc2)c1. The van der Waals surface area contributed by atoms with Crippen LogP contribution in [0.15, 0.2) is 66.3 Å². The molecule has 2 heterocycles. The lowest BCUT2D eigenvalue weighted by atomic mass is 10.2. The average Bonchev–Trinajstić information content (AvgIpc) is 3.23. The second-order valence-corrected chi connectivity index (χ2v) is 7.56. The Morgan fingerprint density at radius 2 is 1.89 bits per heavy atom. The predicted molar refractivity (Wildman–Crippen MR) is 118 cm³/mol. The van der Waals surface area contributed by atoms with Gasteiger partial charge in [-0.05, 0) is 29.3 Å². The number of pyridine rings is 1. The van der Waals surface area contributed by atoms with E-state index < -0.39 is 0 Å². The number of rotatable bonds is 6. The van der Waals surface area contributed by atoms with Crippen LogP contribution < -0.4 is 24.6 Å². The van der Waals surface area contributed by atoms with Gasteiger partial charge in [-0.3, -0.25) is 0 Å². The average molecular weight is 412 g/mol. The summed E-state index contributed by atoms with van der Waals surface area (Å²) in [4.78, 5) is 2.97. The lowest BCUT2D eigenvalue weighted by Gasteiger charge is -2.16. The molecule has 0 fully saturated rings. The first-order chi connectivity index (χ1) is 13.5. The van der Waals surface area contributed by atoms with Crippen molar-refractivity contribution >= 4 is 51.4 Å². The first-order valence-corrected chi connectivity index (χ1v) is 9.88. The Balaban J connectivity index is 2.01. The van der Waals surface area contributed by atoms with E-state index in [0.717, 1.165) is 11.4 Å². The maximum absolute atomic E-state index is 13.2. The molecule has 0 saturated carbocycles. The molecule has 0 aliphatic rings. The zero-order valence-electron chi connectivity index (χ0n) is 15.9. The smallest absolute Gasteiger partial charge is 0.239 e. The molecule has 1 aromatic carbocycles. The summed E-state index contributed by atoms with van der Waals surface area (Å²) in [6.45, 7) is 0. The summed E-state index contributed by atoms with van der Waals surface area (Å²) in [6.07, 6.45) is 3.69. The second kappa shape index (κ2) is 8.86. The molecule has 0 saturated heterocycles. The predicted octanol–water partition coefficient (Wildman–Crippen LogP) is 3.24. The first-order valence-electron chi connectivity index (χ1n) is 8.59. The van der Waals surface area contributed by atoms with Crippen molar-refractivity contribution in [2.45, 2.75) is 0 Å². The molecule has 0 bridgehead atoms. The molecule has 3 aromatic rings. The van der Waals surface area contributed by atoms with E-state index in [2.05, 4.69) is 5.32 Å². The van der Waals surface area contributed by atoms with E-state index in [1.54, 1.807) is 17.7 Å². The van der Waals surface area contributed by atoms with Gasteiger partial charge in [0.2, 0.25) is 5.70 Å². The lowest BCUT2D eigenvalue weighted by Crippen LogP contribution is -2.40. The third-order valence-electron chi connectivity index (χ3n) is 4.09. The summed E-state index contributed by atoms with van der Waals surface area (Å²) in [5.74, 6) is 0.583. The minimum absolute atomic E-state index is 0.127. The van der Waals surface area contributed by atoms with Crippen molar-refractivity contribution in [3.8, 4) is 5.75 Å². The van der Waals surface area contributed by atoms with Crippen LogP contribution in [0.3, 0.4) is 0 Å². The molecule has 0 atom stereocenters. The Labute approximate surface area is 174 Å². The van der Waals surface area contributed by atoms with Gasteiger partial charge >= 0.3 is 0 Å². The molecule has 0 unspecified atom stereocenters. The number of hydrogen-bond acceptors (Lipinski definition) is 5. The quantitative estimate of drug-likeness (QED) is 0.292. The molecule has 0 aliphatic heterocycles. The molecule has 3 rings (SSSR count). The van der Waals surface area contributed by atoms with Crippen molar-refractivity contribution in [2.75, 3.05) is 31.4 Å². The van der Waals surface area contributed by atoms with Gasteiger partial charge in [0.1, 0.15) is 5.75 Å². The van der Waals surface area contributed by atoms with Gasteiger partial charge in [0.25, 0.3) is 0 Å². The zero-order valence-corrected chi connectivity index (χ0v) is 17.5. The largest absolute Gasteiger partial charge is 0.867 e. The van der Waals surface area contributed by atoms with Crippen molar-refractivity contribution < 1.29 is 14.4 Å². The number of aromatic nitrogens is 1. The summed E-state index contributed by atoms with van der Waals surface area (Å²) < 4.78 is 7.01. The van der Waals surface area contributed by atoms with E-state index in [1.807, 2.05) is 79.2 Å². The van der Waals surface area contributed by atoms with Crippen LogP contribution in [0.25, 0.3) is 11.5 Å². The van der Waals surface area contributed by atoms with Crippen LogP contribution in [-0.4, -0.2) is 26.2 Å². The Hall–Kier alpha value is -2.90. The van der Waals surface area contributed by atoms with Crippen LogP contribution >= 0.6 is 23.6 Å². The third-order valence-corrected chi connectivity index (χ3v) is 5.25.